The minimum absolute atomic E-state index is 0.285. The standard InChI is InChI=1S/C15H19N3O2/c16-10-13(9-12-5-2-1-3-6-12)15(14(17)19)11-18-7-4-8-20-15/h1-3,5-6,13,18H,4,7-9,11H2,(H2,17,19). The molecule has 0 aromatic heterocycles. The van der Waals surface area contributed by atoms with E-state index in [1.165, 1.54) is 0 Å². The molecule has 1 amide bonds. The molecule has 0 saturated carbocycles. The van der Waals surface area contributed by atoms with Crippen molar-refractivity contribution in [2.45, 2.75) is 18.4 Å². The summed E-state index contributed by atoms with van der Waals surface area (Å²) in [5.41, 5.74) is 5.29. The second kappa shape index (κ2) is 6.51. The molecule has 3 N–H and O–H groups in total. The summed E-state index contributed by atoms with van der Waals surface area (Å²) >= 11 is 0. The Kier molecular flexibility index (Phi) is 4.72. The average Bonchev–Trinajstić information content (AvgIpc) is 2.72. The number of nitriles is 1. The molecule has 1 heterocycles. The lowest BCUT2D eigenvalue weighted by Crippen LogP contribution is -2.57. The minimum Gasteiger partial charge on any atom is -0.367 e. The van der Waals surface area contributed by atoms with E-state index in [4.69, 9.17) is 10.5 Å². The van der Waals surface area contributed by atoms with Crippen molar-refractivity contribution in [1.82, 2.24) is 5.32 Å². The van der Waals surface area contributed by atoms with Gasteiger partial charge in [-0.1, -0.05) is 30.3 Å². The maximum Gasteiger partial charge on any atom is 0.252 e. The molecule has 106 valence electrons. The van der Waals surface area contributed by atoms with Crippen molar-refractivity contribution < 1.29 is 9.53 Å². The third-order valence-electron chi connectivity index (χ3n) is 3.66. The van der Waals surface area contributed by atoms with Gasteiger partial charge in [0, 0.05) is 13.2 Å². The quantitative estimate of drug-likeness (QED) is 0.841. The van der Waals surface area contributed by atoms with E-state index in [1.54, 1.807) is 0 Å². The van der Waals surface area contributed by atoms with Gasteiger partial charge >= 0.3 is 0 Å². The van der Waals surface area contributed by atoms with Crippen LogP contribution in [0.3, 0.4) is 0 Å². The number of carbonyl (C=O) groups is 1. The monoisotopic (exact) mass is 273 g/mol. The fourth-order valence-corrected chi connectivity index (χ4v) is 2.49. The van der Waals surface area contributed by atoms with Gasteiger partial charge in [0.05, 0.1) is 12.0 Å². The number of hydrogen-bond acceptors (Lipinski definition) is 4. The first-order chi connectivity index (χ1) is 9.69. The van der Waals surface area contributed by atoms with Crippen LogP contribution in [-0.2, 0) is 16.0 Å². The molecular formula is C15H19N3O2. The van der Waals surface area contributed by atoms with Crippen molar-refractivity contribution in [3.63, 3.8) is 0 Å². The number of amides is 1. The summed E-state index contributed by atoms with van der Waals surface area (Å²) in [7, 11) is 0. The summed E-state index contributed by atoms with van der Waals surface area (Å²) in [4.78, 5) is 11.9. The number of nitrogens with zero attached hydrogens (tertiary/aromatic N) is 1. The summed E-state index contributed by atoms with van der Waals surface area (Å²) in [5, 5.41) is 12.6. The van der Waals surface area contributed by atoms with E-state index in [0.29, 0.717) is 13.0 Å². The minimum atomic E-state index is -1.25. The summed E-state index contributed by atoms with van der Waals surface area (Å²) < 4.78 is 5.72. The van der Waals surface area contributed by atoms with Crippen LogP contribution in [0, 0.1) is 17.2 Å². The zero-order chi connectivity index (χ0) is 14.4. The largest absolute Gasteiger partial charge is 0.367 e. The van der Waals surface area contributed by atoms with E-state index < -0.39 is 17.4 Å². The van der Waals surface area contributed by atoms with Crippen LogP contribution >= 0.6 is 0 Å². The maximum absolute atomic E-state index is 11.9. The summed E-state index contributed by atoms with van der Waals surface area (Å²) in [6.07, 6.45) is 1.25. The second-order valence-corrected chi connectivity index (χ2v) is 5.00. The first kappa shape index (κ1) is 14.5. The van der Waals surface area contributed by atoms with Gasteiger partial charge in [-0.3, -0.25) is 4.79 Å². The normalized spacial score (nSPS) is 24.4. The molecule has 5 heteroatoms. The molecule has 2 unspecified atom stereocenters. The van der Waals surface area contributed by atoms with Gasteiger partial charge < -0.3 is 15.8 Å². The van der Waals surface area contributed by atoms with Crippen LogP contribution < -0.4 is 11.1 Å². The predicted octanol–water partition coefficient (Wildman–Crippen LogP) is 0.603. The van der Waals surface area contributed by atoms with Gasteiger partial charge in [-0.2, -0.15) is 5.26 Å². The second-order valence-electron chi connectivity index (χ2n) is 5.00. The van der Waals surface area contributed by atoms with Gasteiger partial charge in [-0.15, -0.1) is 0 Å². The highest BCUT2D eigenvalue weighted by atomic mass is 16.5. The Morgan fingerprint density at radius 3 is 2.90 bits per heavy atom. The number of nitrogens with two attached hydrogens (primary N) is 1. The SMILES string of the molecule is N#CC(Cc1ccccc1)C1(C(N)=O)CNCCCO1. The Balaban J connectivity index is 2.26. The molecule has 0 radical (unpaired) electrons. The number of hydrogen-bond donors (Lipinski definition) is 2. The van der Waals surface area contributed by atoms with Crippen LogP contribution in [-0.4, -0.2) is 31.2 Å². The Hall–Kier alpha value is -1.90. The molecular weight excluding hydrogens is 254 g/mol. The zero-order valence-corrected chi connectivity index (χ0v) is 11.3. The van der Waals surface area contributed by atoms with E-state index in [1.807, 2.05) is 30.3 Å². The molecule has 0 bridgehead atoms. The molecule has 1 aliphatic rings. The van der Waals surface area contributed by atoms with Crippen molar-refractivity contribution >= 4 is 5.91 Å². The van der Waals surface area contributed by atoms with E-state index in [0.717, 1.165) is 18.5 Å². The summed E-state index contributed by atoms with van der Waals surface area (Å²) in [5.74, 6) is -1.18. The first-order valence-electron chi connectivity index (χ1n) is 6.77. The van der Waals surface area contributed by atoms with Gasteiger partial charge in [0.1, 0.15) is 0 Å². The molecule has 1 aliphatic heterocycles. The van der Waals surface area contributed by atoms with Crippen molar-refractivity contribution in [3.05, 3.63) is 35.9 Å². The number of ether oxygens (including phenoxy) is 1. The predicted molar refractivity (Wildman–Crippen MR) is 74.6 cm³/mol. The number of rotatable bonds is 4. The van der Waals surface area contributed by atoms with Crippen LogP contribution in [0.25, 0.3) is 0 Å². The highest BCUT2D eigenvalue weighted by Gasteiger charge is 2.46. The Labute approximate surface area is 118 Å². The molecule has 2 rings (SSSR count). The van der Waals surface area contributed by atoms with Gasteiger partial charge in [0.25, 0.3) is 5.91 Å². The third kappa shape index (κ3) is 2.98. The van der Waals surface area contributed by atoms with Crippen LogP contribution in [0.2, 0.25) is 0 Å². The molecule has 2 atom stereocenters. The lowest BCUT2D eigenvalue weighted by molar-refractivity contribution is -0.147. The van der Waals surface area contributed by atoms with Crippen LogP contribution in [0.5, 0.6) is 0 Å². The highest BCUT2D eigenvalue weighted by molar-refractivity contribution is 5.85. The lowest BCUT2D eigenvalue weighted by atomic mass is 9.82. The molecule has 1 saturated heterocycles. The number of carbonyl (C=O) groups excluding carboxylic acids is 1. The van der Waals surface area contributed by atoms with E-state index in [-0.39, 0.29) is 6.54 Å². The molecule has 0 spiro atoms. The third-order valence-corrected chi connectivity index (χ3v) is 3.66. The number of nitrogens with one attached hydrogen (secondary N) is 1. The van der Waals surface area contributed by atoms with E-state index >= 15 is 0 Å². The maximum atomic E-state index is 11.9. The van der Waals surface area contributed by atoms with Gasteiger partial charge in [0.2, 0.25) is 0 Å². The average molecular weight is 273 g/mol. The Morgan fingerprint density at radius 2 is 2.25 bits per heavy atom. The van der Waals surface area contributed by atoms with Crippen molar-refractivity contribution in [2.75, 3.05) is 19.7 Å². The van der Waals surface area contributed by atoms with E-state index in [2.05, 4.69) is 11.4 Å². The Bertz CT molecular complexity index is 488. The molecule has 1 fully saturated rings. The van der Waals surface area contributed by atoms with Crippen LogP contribution in [0.4, 0.5) is 0 Å². The first-order valence-corrected chi connectivity index (χ1v) is 6.77. The molecule has 0 aliphatic carbocycles. The lowest BCUT2D eigenvalue weighted by Gasteiger charge is -2.33. The fourth-order valence-electron chi connectivity index (χ4n) is 2.49. The van der Waals surface area contributed by atoms with Crippen molar-refractivity contribution in [1.29, 1.82) is 5.26 Å². The molecule has 1 aromatic carbocycles. The van der Waals surface area contributed by atoms with Crippen molar-refractivity contribution in [3.8, 4) is 6.07 Å². The summed E-state index contributed by atoms with van der Waals surface area (Å²) in [6.45, 7) is 1.48. The highest BCUT2D eigenvalue weighted by Crippen LogP contribution is 2.26. The zero-order valence-electron chi connectivity index (χ0n) is 11.3. The topological polar surface area (TPSA) is 88.1 Å². The smallest absolute Gasteiger partial charge is 0.252 e. The molecule has 1 aromatic rings. The number of primary amides is 1. The fraction of sp³-hybridized carbons (Fsp3) is 0.467. The van der Waals surface area contributed by atoms with Crippen LogP contribution in [0.1, 0.15) is 12.0 Å². The van der Waals surface area contributed by atoms with E-state index in [9.17, 15) is 10.1 Å². The molecule has 20 heavy (non-hydrogen) atoms. The number of benzene rings is 1. The van der Waals surface area contributed by atoms with Crippen molar-refractivity contribution in [2.24, 2.45) is 11.7 Å². The van der Waals surface area contributed by atoms with Crippen LogP contribution in [0.15, 0.2) is 30.3 Å². The van der Waals surface area contributed by atoms with Gasteiger partial charge in [0.15, 0.2) is 5.60 Å². The molecule has 5 nitrogen and oxygen atoms in total. The van der Waals surface area contributed by atoms with Gasteiger partial charge in [-0.25, -0.2) is 0 Å². The Morgan fingerprint density at radius 1 is 1.50 bits per heavy atom. The summed E-state index contributed by atoms with van der Waals surface area (Å²) in [6, 6.07) is 11.8. The van der Waals surface area contributed by atoms with Gasteiger partial charge in [-0.05, 0) is 24.9 Å².